The molecular formula is C14H26N2O3. The summed E-state index contributed by atoms with van der Waals surface area (Å²) in [4.78, 5) is 25.9. The Kier molecular flexibility index (Phi) is 4.96. The number of nitrogens with two attached hydrogens (primary N) is 1. The molecule has 110 valence electrons. The van der Waals surface area contributed by atoms with E-state index in [0.717, 1.165) is 12.8 Å². The van der Waals surface area contributed by atoms with Crippen molar-refractivity contribution < 1.29 is 14.7 Å². The lowest BCUT2D eigenvalue weighted by Crippen LogP contribution is -2.61. The van der Waals surface area contributed by atoms with Crippen LogP contribution < -0.4 is 5.73 Å². The highest BCUT2D eigenvalue weighted by Crippen LogP contribution is 2.35. The fourth-order valence-electron chi connectivity index (χ4n) is 2.88. The molecule has 0 aromatic carbocycles. The van der Waals surface area contributed by atoms with Crippen LogP contribution in [0.4, 0.5) is 0 Å². The van der Waals surface area contributed by atoms with Crippen LogP contribution in [0.1, 0.15) is 52.9 Å². The third-order valence-electron chi connectivity index (χ3n) is 4.79. The smallest absolute Gasteiger partial charge is 0.329 e. The van der Waals surface area contributed by atoms with E-state index in [2.05, 4.69) is 0 Å². The van der Waals surface area contributed by atoms with Crippen LogP contribution in [-0.4, -0.2) is 40.5 Å². The number of aliphatic carboxylic acids is 1. The predicted molar refractivity (Wildman–Crippen MR) is 73.7 cm³/mol. The SMILES string of the molecule is CCC(CC)(CN)C(=O)N1CCCCC1(C)C(=O)O. The van der Waals surface area contributed by atoms with Gasteiger partial charge >= 0.3 is 5.97 Å². The van der Waals surface area contributed by atoms with Crippen molar-refractivity contribution in [3.63, 3.8) is 0 Å². The normalized spacial score (nSPS) is 24.3. The Balaban J connectivity index is 3.10. The number of likely N-dealkylation sites (tertiary alicyclic amines) is 1. The van der Waals surface area contributed by atoms with Crippen LogP contribution in [0.15, 0.2) is 0 Å². The van der Waals surface area contributed by atoms with Crippen molar-refractivity contribution >= 4 is 11.9 Å². The fraction of sp³-hybridized carbons (Fsp3) is 0.857. The van der Waals surface area contributed by atoms with Crippen LogP contribution in [0.25, 0.3) is 0 Å². The second-order valence-corrected chi connectivity index (χ2v) is 5.68. The molecule has 1 heterocycles. The van der Waals surface area contributed by atoms with E-state index in [1.807, 2.05) is 13.8 Å². The maximum Gasteiger partial charge on any atom is 0.329 e. The van der Waals surface area contributed by atoms with Crippen LogP contribution in [0.3, 0.4) is 0 Å². The van der Waals surface area contributed by atoms with Gasteiger partial charge in [0.25, 0.3) is 0 Å². The predicted octanol–water partition coefficient (Wildman–Crippen LogP) is 1.61. The van der Waals surface area contributed by atoms with Gasteiger partial charge < -0.3 is 15.7 Å². The average Bonchev–Trinajstić information content (AvgIpc) is 2.41. The summed E-state index contributed by atoms with van der Waals surface area (Å²) < 4.78 is 0. The summed E-state index contributed by atoms with van der Waals surface area (Å²) in [5, 5.41) is 9.48. The van der Waals surface area contributed by atoms with Crippen molar-refractivity contribution in [1.29, 1.82) is 0 Å². The van der Waals surface area contributed by atoms with Gasteiger partial charge in [0.1, 0.15) is 5.54 Å². The van der Waals surface area contributed by atoms with E-state index in [-0.39, 0.29) is 12.5 Å². The lowest BCUT2D eigenvalue weighted by Gasteiger charge is -2.46. The van der Waals surface area contributed by atoms with E-state index in [1.165, 1.54) is 0 Å². The molecule has 1 aliphatic heterocycles. The van der Waals surface area contributed by atoms with E-state index < -0.39 is 16.9 Å². The molecular weight excluding hydrogens is 244 g/mol. The number of carboxylic acids is 1. The van der Waals surface area contributed by atoms with E-state index >= 15 is 0 Å². The van der Waals surface area contributed by atoms with Crippen molar-refractivity contribution in [2.75, 3.05) is 13.1 Å². The zero-order valence-corrected chi connectivity index (χ0v) is 12.2. The second kappa shape index (κ2) is 5.90. The van der Waals surface area contributed by atoms with Gasteiger partial charge in [0, 0.05) is 13.1 Å². The summed E-state index contributed by atoms with van der Waals surface area (Å²) in [7, 11) is 0. The van der Waals surface area contributed by atoms with Crippen molar-refractivity contribution in [1.82, 2.24) is 4.90 Å². The van der Waals surface area contributed by atoms with Crippen LogP contribution in [0, 0.1) is 5.41 Å². The third kappa shape index (κ3) is 2.61. The van der Waals surface area contributed by atoms with E-state index in [0.29, 0.717) is 25.8 Å². The first-order chi connectivity index (χ1) is 8.88. The Hall–Kier alpha value is -1.10. The minimum Gasteiger partial charge on any atom is -0.480 e. The average molecular weight is 270 g/mol. The zero-order valence-electron chi connectivity index (χ0n) is 12.2. The number of rotatable bonds is 5. The molecule has 3 N–H and O–H groups in total. The molecule has 19 heavy (non-hydrogen) atoms. The van der Waals surface area contributed by atoms with Crippen molar-refractivity contribution in [3.8, 4) is 0 Å². The summed E-state index contributed by atoms with van der Waals surface area (Å²) in [6.45, 7) is 6.32. The highest BCUT2D eigenvalue weighted by molar-refractivity contribution is 5.90. The van der Waals surface area contributed by atoms with Gasteiger partial charge in [-0.2, -0.15) is 0 Å². The standard InChI is InChI=1S/C14H26N2O3/c1-4-14(5-2,10-15)11(17)16-9-7-6-8-13(16,3)12(18)19/h4-10,15H2,1-3H3,(H,18,19). The van der Waals surface area contributed by atoms with E-state index in [1.54, 1.807) is 11.8 Å². The van der Waals surface area contributed by atoms with Gasteiger partial charge in [-0.05, 0) is 39.0 Å². The molecule has 1 atom stereocenters. The highest BCUT2D eigenvalue weighted by Gasteiger charge is 2.48. The summed E-state index contributed by atoms with van der Waals surface area (Å²) in [6, 6.07) is 0. The number of nitrogens with zero attached hydrogens (tertiary/aromatic N) is 1. The number of carbonyl (C=O) groups excluding carboxylic acids is 1. The fourth-order valence-corrected chi connectivity index (χ4v) is 2.88. The first-order valence-corrected chi connectivity index (χ1v) is 7.13. The Morgan fingerprint density at radius 1 is 1.32 bits per heavy atom. The van der Waals surface area contributed by atoms with Gasteiger partial charge in [-0.3, -0.25) is 4.79 Å². The molecule has 1 rings (SSSR count). The molecule has 0 aliphatic carbocycles. The Morgan fingerprint density at radius 2 is 1.89 bits per heavy atom. The van der Waals surface area contributed by atoms with Gasteiger partial charge in [-0.1, -0.05) is 13.8 Å². The summed E-state index contributed by atoms with van der Waals surface area (Å²) in [5.41, 5.74) is 4.11. The third-order valence-corrected chi connectivity index (χ3v) is 4.79. The minimum atomic E-state index is -1.08. The molecule has 1 aliphatic rings. The van der Waals surface area contributed by atoms with Crippen LogP contribution in [-0.2, 0) is 9.59 Å². The Labute approximate surface area is 115 Å². The van der Waals surface area contributed by atoms with Crippen molar-refractivity contribution in [2.45, 2.75) is 58.4 Å². The second-order valence-electron chi connectivity index (χ2n) is 5.68. The molecule has 1 fully saturated rings. The van der Waals surface area contributed by atoms with Gasteiger partial charge in [0.2, 0.25) is 5.91 Å². The molecule has 1 amide bonds. The van der Waals surface area contributed by atoms with Crippen molar-refractivity contribution in [3.05, 3.63) is 0 Å². The maximum atomic E-state index is 12.8. The summed E-state index contributed by atoms with van der Waals surface area (Å²) in [5.74, 6) is -1.01. The number of hydrogen-bond donors (Lipinski definition) is 2. The molecule has 0 spiro atoms. The lowest BCUT2D eigenvalue weighted by molar-refractivity contribution is -0.166. The molecule has 5 nitrogen and oxygen atoms in total. The van der Waals surface area contributed by atoms with Crippen molar-refractivity contribution in [2.24, 2.45) is 11.1 Å². The molecule has 0 radical (unpaired) electrons. The van der Waals surface area contributed by atoms with Gasteiger partial charge in [-0.15, -0.1) is 0 Å². The molecule has 1 unspecified atom stereocenters. The lowest BCUT2D eigenvalue weighted by atomic mass is 9.78. The first-order valence-electron chi connectivity index (χ1n) is 7.13. The molecule has 0 aromatic heterocycles. The Morgan fingerprint density at radius 3 is 2.32 bits per heavy atom. The molecule has 0 saturated carbocycles. The number of carboxylic acid groups (broad SMARTS) is 1. The van der Waals surface area contributed by atoms with Gasteiger partial charge in [0.05, 0.1) is 5.41 Å². The minimum absolute atomic E-state index is 0.0930. The monoisotopic (exact) mass is 270 g/mol. The largest absolute Gasteiger partial charge is 0.480 e. The number of hydrogen-bond acceptors (Lipinski definition) is 3. The van der Waals surface area contributed by atoms with Crippen LogP contribution in [0.2, 0.25) is 0 Å². The first kappa shape index (κ1) is 16.0. The van der Waals surface area contributed by atoms with Crippen LogP contribution >= 0.6 is 0 Å². The molecule has 5 heteroatoms. The van der Waals surface area contributed by atoms with Gasteiger partial charge in [0.15, 0.2) is 0 Å². The summed E-state index contributed by atoms with van der Waals surface area (Å²) >= 11 is 0. The zero-order chi connectivity index (χ0) is 14.7. The van der Waals surface area contributed by atoms with Crippen LogP contribution in [0.5, 0.6) is 0 Å². The van der Waals surface area contributed by atoms with Gasteiger partial charge in [-0.25, -0.2) is 4.79 Å². The molecule has 0 aromatic rings. The number of carbonyl (C=O) groups is 2. The number of amides is 1. The number of piperidine rings is 1. The van der Waals surface area contributed by atoms with E-state index in [4.69, 9.17) is 5.73 Å². The molecule has 1 saturated heterocycles. The van der Waals surface area contributed by atoms with E-state index in [9.17, 15) is 14.7 Å². The molecule has 0 bridgehead atoms. The summed E-state index contributed by atoms with van der Waals surface area (Å²) in [6.07, 6.45) is 3.52. The topological polar surface area (TPSA) is 83.6 Å². The Bertz CT molecular complexity index is 344. The highest BCUT2D eigenvalue weighted by atomic mass is 16.4. The maximum absolute atomic E-state index is 12.8. The quantitative estimate of drug-likeness (QED) is 0.795.